The van der Waals surface area contributed by atoms with Gasteiger partial charge in [-0.3, -0.25) is 14.6 Å². The average molecular weight is 528 g/mol. The van der Waals surface area contributed by atoms with E-state index >= 15 is 4.39 Å². The molecule has 0 unspecified atom stereocenters. The summed E-state index contributed by atoms with van der Waals surface area (Å²) in [6, 6.07) is 12.9. The number of H-pyrrole nitrogens is 1. The van der Waals surface area contributed by atoms with Gasteiger partial charge in [-0.15, -0.1) is 0 Å². The Bertz CT molecular complexity index is 1780. The second-order valence-corrected chi connectivity index (χ2v) is 8.98. The standard InChI is InChI=1S/C30H23F2N3O4/c1-16-27(19-5-7-20(31)8-6-19)30(37)28(17(2)35-16)24(36)13-18-4-9-25(22(32)12-18)39-26-10-11-33-23-14-21(38-3)15-34-29(23)26/h4-12,14-15H,13H2,1-3H3,(H,35,37). The molecule has 0 atom stereocenters. The summed E-state index contributed by atoms with van der Waals surface area (Å²) in [6.07, 6.45) is 2.83. The molecular weight excluding hydrogens is 504 g/mol. The Balaban J connectivity index is 1.41. The molecule has 2 aromatic carbocycles. The van der Waals surface area contributed by atoms with Crippen LogP contribution in [0, 0.1) is 25.5 Å². The molecule has 3 aromatic heterocycles. The number of rotatable bonds is 7. The van der Waals surface area contributed by atoms with Gasteiger partial charge < -0.3 is 14.5 Å². The van der Waals surface area contributed by atoms with E-state index in [2.05, 4.69) is 15.0 Å². The van der Waals surface area contributed by atoms with Crippen LogP contribution in [0.2, 0.25) is 0 Å². The summed E-state index contributed by atoms with van der Waals surface area (Å²) in [7, 11) is 1.52. The maximum absolute atomic E-state index is 15.0. The fraction of sp³-hybridized carbons (Fsp3) is 0.133. The topological polar surface area (TPSA) is 94.2 Å². The Labute approximate surface area is 222 Å². The number of fused-ring (bicyclic) bond motifs is 1. The van der Waals surface area contributed by atoms with Crippen molar-refractivity contribution >= 4 is 16.8 Å². The summed E-state index contributed by atoms with van der Waals surface area (Å²) < 4.78 is 39.4. The number of pyridine rings is 3. The van der Waals surface area contributed by atoms with Crippen molar-refractivity contribution in [1.82, 2.24) is 15.0 Å². The number of hydrogen-bond acceptors (Lipinski definition) is 6. The number of carbonyl (C=O) groups is 1. The van der Waals surface area contributed by atoms with E-state index in [4.69, 9.17) is 9.47 Å². The Morgan fingerprint density at radius 3 is 2.44 bits per heavy atom. The highest BCUT2D eigenvalue weighted by molar-refractivity contribution is 5.99. The highest BCUT2D eigenvalue weighted by Gasteiger charge is 2.21. The second-order valence-electron chi connectivity index (χ2n) is 8.98. The van der Waals surface area contributed by atoms with Crippen LogP contribution in [0.15, 0.2) is 71.8 Å². The Morgan fingerprint density at radius 1 is 0.949 bits per heavy atom. The first-order chi connectivity index (χ1) is 18.7. The van der Waals surface area contributed by atoms with E-state index in [1.165, 1.54) is 55.9 Å². The largest absolute Gasteiger partial charge is 0.495 e. The van der Waals surface area contributed by atoms with E-state index < -0.39 is 22.8 Å². The molecule has 7 nitrogen and oxygen atoms in total. The molecule has 196 valence electrons. The zero-order chi connectivity index (χ0) is 27.7. The van der Waals surface area contributed by atoms with E-state index in [1.54, 1.807) is 32.0 Å². The molecule has 0 aliphatic rings. The van der Waals surface area contributed by atoms with Gasteiger partial charge in [0.2, 0.25) is 5.43 Å². The summed E-state index contributed by atoms with van der Waals surface area (Å²) in [4.78, 5) is 38.2. The van der Waals surface area contributed by atoms with Crippen LogP contribution < -0.4 is 14.9 Å². The van der Waals surface area contributed by atoms with Gasteiger partial charge in [0.05, 0.1) is 24.4 Å². The van der Waals surface area contributed by atoms with Crippen molar-refractivity contribution < 1.29 is 23.0 Å². The quantitative estimate of drug-likeness (QED) is 0.257. The van der Waals surface area contributed by atoms with E-state index in [-0.39, 0.29) is 23.3 Å². The summed E-state index contributed by atoms with van der Waals surface area (Å²) in [6.45, 7) is 3.35. The number of halogens is 2. The fourth-order valence-corrected chi connectivity index (χ4v) is 4.48. The number of methoxy groups -OCH3 is 1. The lowest BCUT2D eigenvalue weighted by Gasteiger charge is -2.12. The summed E-state index contributed by atoms with van der Waals surface area (Å²) in [5.41, 5.74) is 2.58. The molecule has 0 fully saturated rings. The first kappa shape index (κ1) is 25.7. The number of nitrogens with zero attached hydrogens (tertiary/aromatic N) is 2. The molecule has 0 saturated heterocycles. The third-order valence-corrected chi connectivity index (χ3v) is 6.32. The van der Waals surface area contributed by atoms with Crippen LogP contribution in [0.4, 0.5) is 8.78 Å². The lowest BCUT2D eigenvalue weighted by molar-refractivity contribution is 0.0991. The van der Waals surface area contributed by atoms with Crippen LogP contribution in [0.3, 0.4) is 0 Å². The van der Waals surface area contributed by atoms with Crippen LogP contribution in [0.5, 0.6) is 17.2 Å². The molecule has 0 aliphatic carbocycles. The molecule has 0 aliphatic heterocycles. The van der Waals surface area contributed by atoms with E-state index in [0.717, 1.165) is 0 Å². The van der Waals surface area contributed by atoms with Gasteiger partial charge >= 0.3 is 0 Å². The lowest BCUT2D eigenvalue weighted by Crippen LogP contribution is -2.22. The van der Waals surface area contributed by atoms with Crippen molar-refractivity contribution in [2.24, 2.45) is 0 Å². The van der Waals surface area contributed by atoms with Crippen LogP contribution in [-0.4, -0.2) is 27.8 Å². The van der Waals surface area contributed by atoms with Crippen molar-refractivity contribution in [2.45, 2.75) is 20.3 Å². The molecule has 0 spiro atoms. The number of aromatic amines is 1. The van der Waals surface area contributed by atoms with Gasteiger partial charge in [0.15, 0.2) is 23.1 Å². The Morgan fingerprint density at radius 2 is 1.72 bits per heavy atom. The zero-order valence-electron chi connectivity index (χ0n) is 21.3. The molecule has 0 bridgehead atoms. The molecule has 3 heterocycles. The molecule has 0 amide bonds. The SMILES string of the molecule is COc1cnc2c(Oc3ccc(CC(=O)c4c(C)[nH]c(C)c(-c5ccc(F)cc5)c4=O)cc3F)ccnc2c1. The van der Waals surface area contributed by atoms with Gasteiger partial charge in [-0.2, -0.15) is 0 Å². The monoisotopic (exact) mass is 527 g/mol. The average Bonchev–Trinajstić information content (AvgIpc) is 2.90. The number of aryl methyl sites for hydroxylation is 2. The van der Waals surface area contributed by atoms with Crippen molar-refractivity contribution in [3.8, 4) is 28.4 Å². The van der Waals surface area contributed by atoms with E-state index in [0.29, 0.717) is 45.0 Å². The molecule has 0 radical (unpaired) electrons. The van der Waals surface area contributed by atoms with Crippen LogP contribution in [0.25, 0.3) is 22.2 Å². The third-order valence-electron chi connectivity index (χ3n) is 6.32. The molecule has 5 rings (SSSR count). The van der Waals surface area contributed by atoms with Gasteiger partial charge in [0.25, 0.3) is 0 Å². The number of aromatic nitrogens is 3. The van der Waals surface area contributed by atoms with E-state index in [1.807, 2.05) is 0 Å². The highest BCUT2D eigenvalue weighted by atomic mass is 19.1. The molecule has 0 saturated carbocycles. The molecule has 1 N–H and O–H groups in total. The normalized spacial score (nSPS) is 11.0. The van der Waals surface area contributed by atoms with Crippen molar-refractivity contribution in [2.75, 3.05) is 7.11 Å². The maximum atomic E-state index is 15.0. The minimum atomic E-state index is -0.680. The zero-order valence-corrected chi connectivity index (χ0v) is 21.3. The Hall–Kier alpha value is -4.92. The minimum Gasteiger partial charge on any atom is -0.495 e. The number of hydrogen-bond donors (Lipinski definition) is 1. The number of ketones is 1. The van der Waals surface area contributed by atoms with Crippen LogP contribution in [-0.2, 0) is 6.42 Å². The highest BCUT2D eigenvalue weighted by Crippen LogP contribution is 2.31. The predicted octanol–water partition coefficient (Wildman–Crippen LogP) is 6.11. The van der Waals surface area contributed by atoms with Gasteiger partial charge in [-0.1, -0.05) is 18.2 Å². The molecule has 5 aromatic rings. The summed E-state index contributed by atoms with van der Waals surface area (Å²) >= 11 is 0. The number of carbonyl (C=O) groups excluding carboxylic acids is 1. The molecule has 9 heteroatoms. The lowest BCUT2D eigenvalue weighted by atomic mass is 9.95. The minimum absolute atomic E-state index is 0.0228. The molecular formula is C30H23F2N3O4. The fourth-order valence-electron chi connectivity index (χ4n) is 4.48. The smallest absolute Gasteiger partial charge is 0.200 e. The van der Waals surface area contributed by atoms with Gasteiger partial charge in [0, 0.05) is 41.7 Å². The van der Waals surface area contributed by atoms with Crippen molar-refractivity contribution in [3.63, 3.8) is 0 Å². The maximum Gasteiger partial charge on any atom is 0.200 e. The third kappa shape index (κ3) is 5.11. The summed E-state index contributed by atoms with van der Waals surface area (Å²) in [5.74, 6) is -0.803. The first-order valence-corrected chi connectivity index (χ1v) is 12.0. The number of nitrogens with one attached hydrogen (secondary N) is 1. The van der Waals surface area contributed by atoms with Crippen LogP contribution in [0.1, 0.15) is 27.3 Å². The predicted molar refractivity (Wildman–Crippen MR) is 143 cm³/mol. The molecule has 39 heavy (non-hydrogen) atoms. The van der Waals surface area contributed by atoms with Gasteiger partial charge in [0.1, 0.15) is 17.1 Å². The number of ether oxygens (including phenoxy) is 2. The Kier molecular flexibility index (Phi) is 6.89. The van der Waals surface area contributed by atoms with Crippen molar-refractivity contribution in [1.29, 1.82) is 0 Å². The summed E-state index contributed by atoms with van der Waals surface area (Å²) in [5, 5.41) is 0. The van der Waals surface area contributed by atoms with Gasteiger partial charge in [-0.05, 0) is 49.2 Å². The number of benzene rings is 2. The van der Waals surface area contributed by atoms with E-state index in [9.17, 15) is 14.0 Å². The second kappa shape index (κ2) is 10.4. The first-order valence-electron chi connectivity index (χ1n) is 12.0. The van der Waals surface area contributed by atoms with Gasteiger partial charge in [-0.25, -0.2) is 13.8 Å². The van der Waals surface area contributed by atoms with Crippen LogP contribution >= 0.6 is 0 Å². The van der Waals surface area contributed by atoms with Crippen molar-refractivity contribution in [3.05, 3.63) is 111 Å². The number of Topliss-reactive ketones (excluding diaryl/α,β-unsaturated/α-hetero) is 1.